The van der Waals surface area contributed by atoms with E-state index in [1.54, 1.807) is 0 Å². The highest BCUT2D eigenvalue weighted by Crippen LogP contribution is 2.45. The number of para-hydroxylation sites is 1. The maximum Gasteiger partial charge on any atom is 0.309 e. The Hall–Kier alpha value is -2.10. The Kier molecular flexibility index (Phi) is 3.94. The molecule has 2 atom stereocenters. The lowest BCUT2D eigenvalue weighted by Gasteiger charge is -2.40. The van der Waals surface area contributed by atoms with Crippen molar-refractivity contribution in [3.8, 4) is 0 Å². The molecule has 2 aromatic rings. The number of nitrogens with one attached hydrogen (secondary N) is 1. The molecule has 4 rings (SSSR count). The van der Waals surface area contributed by atoms with Gasteiger partial charge in [-0.25, -0.2) is 4.58 Å². The van der Waals surface area contributed by atoms with Gasteiger partial charge in [0, 0.05) is 23.7 Å². The molecular weight excluding hydrogens is 312 g/mol. The minimum absolute atomic E-state index is 0.0977. The Balaban J connectivity index is 1.94. The Morgan fingerprint density at radius 3 is 2.92 bits per heavy atom. The lowest BCUT2D eigenvalue weighted by Crippen LogP contribution is -2.51. The summed E-state index contributed by atoms with van der Waals surface area (Å²) in [5.41, 5.74) is 5.06. The number of H-pyrrole nitrogens is 1. The van der Waals surface area contributed by atoms with Gasteiger partial charge in [-0.1, -0.05) is 32.0 Å². The van der Waals surface area contributed by atoms with E-state index in [-0.39, 0.29) is 17.3 Å². The first-order valence-electron chi connectivity index (χ1n) is 9.42. The van der Waals surface area contributed by atoms with Crippen LogP contribution in [0.15, 0.2) is 24.3 Å². The molecule has 2 aliphatic heterocycles. The summed E-state index contributed by atoms with van der Waals surface area (Å²) in [5.74, 6) is -0.239. The van der Waals surface area contributed by atoms with E-state index in [0.29, 0.717) is 0 Å². The minimum Gasteiger partial charge on any atom is -0.469 e. The predicted octanol–water partition coefficient (Wildman–Crippen LogP) is 3.52. The highest BCUT2D eigenvalue weighted by molar-refractivity contribution is 6.08. The van der Waals surface area contributed by atoms with Gasteiger partial charge < -0.3 is 9.72 Å². The third-order valence-corrected chi connectivity index (χ3v) is 6.54. The first-order chi connectivity index (χ1) is 12.1. The molecule has 2 unspecified atom stereocenters. The van der Waals surface area contributed by atoms with Crippen LogP contribution in [-0.2, 0) is 16.0 Å². The minimum atomic E-state index is -0.151. The molecule has 25 heavy (non-hydrogen) atoms. The van der Waals surface area contributed by atoms with Crippen LogP contribution in [-0.4, -0.2) is 41.4 Å². The van der Waals surface area contributed by atoms with E-state index in [0.717, 1.165) is 38.8 Å². The standard InChI is InChI=1S/C21H26N2O2/c1-4-21(14(2)20(24)25-3)11-7-12-23-13-10-16-15-8-5-6-9-17(15)22-18(16)19(21)23/h5-6,8-9,14H,4,7,10-13H2,1-3H3/p+1. The number of aromatic nitrogens is 1. The van der Waals surface area contributed by atoms with Crippen LogP contribution in [0, 0.1) is 11.3 Å². The van der Waals surface area contributed by atoms with Gasteiger partial charge >= 0.3 is 5.97 Å². The molecule has 0 saturated heterocycles. The van der Waals surface area contributed by atoms with E-state index in [9.17, 15) is 4.79 Å². The summed E-state index contributed by atoms with van der Waals surface area (Å²) >= 11 is 0. The highest BCUT2D eigenvalue weighted by Gasteiger charge is 2.53. The zero-order valence-electron chi connectivity index (χ0n) is 15.4. The van der Waals surface area contributed by atoms with Gasteiger partial charge in [0.15, 0.2) is 0 Å². The van der Waals surface area contributed by atoms with Crippen LogP contribution >= 0.6 is 0 Å². The summed E-state index contributed by atoms with van der Waals surface area (Å²) in [4.78, 5) is 16.2. The molecule has 0 amide bonds. The summed E-state index contributed by atoms with van der Waals surface area (Å²) in [5, 5.41) is 1.32. The van der Waals surface area contributed by atoms with Gasteiger partial charge in [-0.15, -0.1) is 0 Å². The molecule has 1 aromatic heterocycles. The van der Waals surface area contributed by atoms with Gasteiger partial charge in [-0.05, 0) is 24.5 Å². The van der Waals surface area contributed by atoms with Crippen molar-refractivity contribution in [1.82, 2.24) is 4.98 Å². The number of hydrogen-bond acceptors (Lipinski definition) is 2. The molecule has 0 spiro atoms. The molecule has 4 nitrogen and oxygen atoms in total. The van der Waals surface area contributed by atoms with Crippen molar-refractivity contribution in [1.29, 1.82) is 0 Å². The first-order valence-corrected chi connectivity index (χ1v) is 9.42. The zero-order chi connectivity index (χ0) is 17.6. The van der Waals surface area contributed by atoms with Crippen molar-refractivity contribution in [2.45, 2.75) is 39.5 Å². The van der Waals surface area contributed by atoms with E-state index in [1.165, 1.54) is 35.0 Å². The SMILES string of the molecule is CCC1(C(C)C(=O)OC)CCC[N+]2=C1c1[nH]c3ccccc3c1CC2. The van der Waals surface area contributed by atoms with E-state index in [2.05, 4.69) is 40.7 Å². The van der Waals surface area contributed by atoms with Crippen molar-refractivity contribution in [2.75, 3.05) is 20.2 Å². The second kappa shape index (κ2) is 6.01. The number of ether oxygens (including phenoxy) is 1. The van der Waals surface area contributed by atoms with Crippen LogP contribution < -0.4 is 0 Å². The smallest absolute Gasteiger partial charge is 0.309 e. The van der Waals surface area contributed by atoms with Gasteiger partial charge in [0.2, 0.25) is 5.71 Å². The molecule has 0 bridgehead atoms. The van der Waals surface area contributed by atoms with Gasteiger partial charge in [-0.3, -0.25) is 4.79 Å². The largest absolute Gasteiger partial charge is 0.469 e. The van der Waals surface area contributed by atoms with Crippen molar-refractivity contribution < 1.29 is 14.1 Å². The number of carbonyl (C=O) groups is 1. The molecule has 1 N–H and O–H groups in total. The number of rotatable bonds is 3. The van der Waals surface area contributed by atoms with Gasteiger partial charge in [0.05, 0.1) is 18.4 Å². The van der Waals surface area contributed by atoms with Crippen LogP contribution in [0.2, 0.25) is 0 Å². The van der Waals surface area contributed by atoms with Crippen molar-refractivity contribution >= 4 is 22.6 Å². The molecule has 3 heterocycles. The average molecular weight is 339 g/mol. The monoisotopic (exact) mass is 339 g/mol. The van der Waals surface area contributed by atoms with E-state index in [4.69, 9.17) is 4.74 Å². The summed E-state index contributed by atoms with van der Waals surface area (Å²) in [6.07, 6.45) is 4.19. The van der Waals surface area contributed by atoms with Gasteiger partial charge in [0.25, 0.3) is 0 Å². The summed E-state index contributed by atoms with van der Waals surface area (Å²) in [6.45, 7) is 6.38. The van der Waals surface area contributed by atoms with Crippen molar-refractivity contribution in [2.24, 2.45) is 11.3 Å². The summed E-state index contributed by atoms with van der Waals surface area (Å²) in [7, 11) is 1.50. The number of benzene rings is 1. The maximum atomic E-state index is 12.5. The molecule has 2 aliphatic rings. The Morgan fingerprint density at radius 1 is 1.36 bits per heavy atom. The molecule has 1 aromatic carbocycles. The lowest BCUT2D eigenvalue weighted by molar-refractivity contribution is -0.538. The van der Waals surface area contributed by atoms with Crippen molar-refractivity contribution in [3.05, 3.63) is 35.5 Å². The third kappa shape index (κ3) is 2.26. The maximum absolute atomic E-state index is 12.5. The van der Waals surface area contributed by atoms with Crippen LogP contribution in [0.3, 0.4) is 0 Å². The van der Waals surface area contributed by atoms with Crippen LogP contribution in [0.4, 0.5) is 0 Å². The van der Waals surface area contributed by atoms with Crippen molar-refractivity contribution in [3.63, 3.8) is 0 Å². The topological polar surface area (TPSA) is 45.1 Å². The quantitative estimate of drug-likeness (QED) is 0.687. The van der Waals surface area contributed by atoms with Crippen LogP contribution in [0.5, 0.6) is 0 Å². The zero-order valence-corrected chi connectivity index (χ0v) is 15.4. The normalized spacial score (nSPS) is 24.0. The fourth-order valence-electron chi connectivity index (χ4n) is 5.14. The first kappa shape index (κ1) is 16.4. The third-order valence-electron chi connectivity index (χ3n) is 6.54. The molecular formula is C21H27N2O2+. The second-order valence-electron chi connectivity index (χ2n) is 7.47. The molecule has 0 saturated carbocycles. The number of aromatic amines is 1. The van der Waals surface area contributed by atoms with Gasteiger partial charge in [-0.2, -0.15) is 0 Å². The fraction of sp³-hybridized carbons (Fsp3) is 0.524. The predicted molar refractivity (Wildman–Crippen MR) is 99.2 cm³/mol. The van der Waals surface area contributed by atoms with E-state index >= 15 is 0 Å². The number of carbonyl (C=O) groups excluding carboxylic acids is 1. The Labute approximate surface area is 148 Å². The molecule has 0 aliphatic carbocycles. The number of nitrogens with zero attached hydrogens (tertiary/aromatic N) is 1. The average Bonchev–Trinajstić information content (AvgIpc) is 3.04. The lowest BCUT2D eigenvalue weighted by atomic mass is 9.64. The number of methoxy groups -OCH3 is 1. The number of hydrogen-bond donors (Lipinski definition) is 1. The highest BCUT2D eigenvalue weighted by atomic mass is 16.5. The number of esters is 1. The van der Waals surface area contributed by atoms with E-state index in [1.807, 2.05) is 6.92 Å². The molecule has 4 heteroatoms. The Bertz CT molecular complexity index is 864. The second-order valence-corrected chi connectivity index (χ2v) is 7.47. The summed E-state index contributed by atoms with van der Waals surface area (Å²) in [6, 6.07) is 8.55. The van der Waals surface area contributed by atoms with Gasteiger partial charge in [0.1, 0.15) is 18.8 Å². The molecule has 0 radical (unpaired) electrons. The van der Waals surface area contributed by atoms with E-state index < -0.39 is 0 Å². The number of fused-ring (bicyclic) bond motifs is 4. The fourth-order valence-corrected chi connectivity index (χ4v) is 5.14. The van der Waals surface area contributed by atoms with Crippen LogP contribution in [0.25, 0.3) is 10.9 Å². The molecule has 132 valence electrons. The van der Waals surface area contributed by atoms with Crippen LogP contribution in [0.1, 0.15) is 44.4 Å². The Morgan fingerprint density at radius 2 is 2.16 bits per heavy atom. The summed E-state index contributed by atoms with van der Waals surface area (Å²) < 4.78 is 7.66. The molecule has 0 fully saturated rings.